The molecular weight excluding hydrogens is 534 g/mol. The van der Waals surface area contributed by atoms with Gasteiger partial charge in [-0.05, 0) is 72.9 Å². The van der Waals surface area contributed by atoms with E-state index in [4.69, 9.17) is 15.2 Å². The highest BCUT2D eigenvalue weighted by atomic mass is 32.1. The number of ether oxygens (including phenoxy) is 2. The van der Waals surface area contributed by atoms with E-state index in [-0.39, 0.29) is 29.0 Å². The van der Waals surface area contributed by atoms with Gasteiger partial charge in [0, 0.05) is 33.7 Å². The van der Waals surface area contributed by atoms with E-state index in [2.05, 4.69) is 50.8 Å². The number of aliphatic hydroxyl groups excluding tert-OH is 2. The summed E-state index contributed by atoms with van der Waals surface area (Å²) in [6, 6.07) is 12.0. The van der Waals surface area contributed by atoms with Gasteiger partial charge in [-0.15, -0.1) is 11.3 Å². The van der Waals surface area contributed by atoms with Crippen LogP contribution in [0.5, 0.6) is 0 Å². The molecular formula is C34H39NO5S. The van der Waals surface area contributed by atoms with Crippen molar-refractivity contribution >= 4 is 22.8 Å². The SMILES string of the molecule is C=C1C=C[C@@]2(C)C(=C1)CC[C@@H]1[C@@H]2[C@@H](O)C[C@@]2(C)[C@H]1C[C@H]1O[C@H](c3ccc(Cc4cccc(N)c4)s3)O[C@]12C(=O)CO. The molecule has 1 aliphatic heterocycles. The lowest BCUT2D eigenvalue weighted by Gasteiger charge is -2.59. The topological polar surface area (TPSA) is 102 Å². The number of nitrogens with two attached hydrogens (primary N) is 1. The van der Waals surface area contributed by atoms with Crippen molar-refractivity contribution in [3.8, 4) is 0 Å². The Hall–Kier alpha value is -2.55. The molecule has 2 heterocycles. The van der Waals surface area contributed by atoms with Crippen LogP contribution < -0.4 is 5.73 Å². The molecule has 2 aromatic rings. The van der Waals surface area contributed by atoms with Crippen molar-refractivity contribution in [1.82, 2.24) is 0 Å². The van der Waals surface area contributed by atoms with Gasteiger partial charge in [-0.3, -0.25) is 4.79 Å². The summed E-state index contributed by atoms with van der Waals surface area (Å²) in [7, 11) is 0. The van der Waals surface area contributed by atoms with E-state index in [1.54, 1.807) is 11.3 Å². The number of fused-ring (bicyclic) bond motifs is 7. The van der Waals surface area contributed by atoms with Gasteiger partial charge in [0.15, 0.2) is 17.7 Å². The Bertz CT molecular complexity index is 1480. The Morgan fingerprint density at radius 2 is 2.07 bits per heavy atom. The molecule has 1 saturated heterocycles. The molecule has 0 amide bonds. The number of ketones is 1. The number of carbonyl (C=O) groups excluding carboxylic acids is 1. The van der Waals surface area contributed by atoms with Gasteiger partial charge in [0.05, 0.1) is 17.1 Å². The number of aliphatic hydroxyl groups is 2. The maximum absolute atomic E-state index is 13.8. The summed E-state index contributed by atoms with van der Waals surface area (Å²) in [6.45, 7) is 7.87. The lowest BCUT2D eigenvalue weighted by molar-refractivity contribution is -0.200. The molecule has 1 aromatic heterocycles. The first-order valence-corrected chi connectivity index (χ1v) is 15.6. The third kappa shape index (κ3) is 3.86. The van der Waals surface area contributed by atoms with Crippen LogP contribution in [0.3, 0.4) is 0 Å². The van der Waals surface area contributed by atoms with Crippen molar-refractivity contribution in [1.29, 1.82) is 0 Å². The predicted molar refractivity (Wildman–Crippen MR) is 159 cm³/mol. The highest BCUT2D eigenvalue weighted by Gasteiger charge is 2.75. The largest absolute Gasteiger partial charge is 0.399 e. The van der Waals surface area contributed by atoms with Crippen molar-refractivity contribution in [3.05, 3.63) is 87.7 Å². The second kappa shape index (κ2) is 9.48. The van der Waals surface area contributed by atoms with E-state index >= 15 is 0 Å². The number of thiophene rings is 1. The zero-order valence-corrected chi connectivity index (χ0v) is 24.5. The number of anilines is 1. The number of rotatable bonds is 5. The van der Waals surface area contributed by atoms with E-state index in [9.17, 15) is 15.0 Å². The first-order valence-electron chi connectivity index (χ1n) is 14.8. The number of hydrogen-bond donors (Lipinski definition) is 3. The molecule has 9 atom stereocenters. The van der Waals surface area contributed by atoms with Gasteiger partial charge in [-0.1, -0.05) is 56.4 Å². The zero-order valence-electron chi connectivity index (χ0n) is 23.7. The molecule has 4 aliphatic carbocycles. The molecule has 5 aliphatic rings. The van der Waals surface area contributed by atoms with Crippen LogP contribution >= 0.6 is 11.3 Å². The summed E-state index contributed by atoms with van der Waals surface area (Å²) < 4.78 is 13.4. The van der Waals surface area contributed by atoms with Gasteiger partial charge in [0.25, 0.3) is 0 Å². The summed E-state index contributed by atoms with van der Waals surface area (Å²) in [6.07, 6.45) is 8.48. The van der Waals surface area contributed by atoms with Crippen LogP contribution in [0.1, 0.15) is 61.1 Å². The predicted octanol–water partition coefficient (Wildman–Crippen LogP) is 5.51. The van der Waals surface area contributed by atoms with Gasteiger partial charge < -0.3 is 25.4 Å². The molecule has 0 spiro atoms. The summed E-state index contributed by atoms with van der Waals surface area (Å²) in [5.74, 6) is 0.0613. The first kappa shape index (κ1) is 27.3. The van der Waals surface area contributed by atoms with Crippen LogP contribution in [-0.4, -0.2) is 40.4 Å². The van der Waals surface area contributed by atoms with E-state index in [0.717, 1.165) is 45.8 Å². The van der Waals surface area contributed by atoms with Crippen LogP contribution in [0, 0.1) is 28.6 Å². The van der Waals surface area contributed by atoms with Crippen LogP contribution in [0.4, 0.5) is 5.69 Å². The molecule has 0 radical (unpaired) electrons. The lowest BCUT2D eigenvalue weighted by atomic mass is 9.46. The Kier molecular flexibility index (Phi) is 6.31. The number of nitrogen functional groups attached to an aromatic ring is 1. The highest BCUT2D eigenvalue weighted by Crippen LogP contribution is 2.70. The van der Waals surface area contributed by atoms with E-state index < -0.39 is 36.1 Å². The Morgan fingerprint density at radius 1 is 1.24 bits per heavy atom. The minimum absolute atomic E-state index is 0.0488. The Balaban J connectivity index is 1.19. The van der Waals surface area contributed by atoms with Crippen molar-refractivity contribution in [2.45, 2.75) is 70.1 Å². The van der Waals surface area contributed by atoms with Crippen molar-refractivity contribution in [3.63, 3.8) is 0 Å². The fourth-order valence-electron chi connectivity index (χ4n) is 9.41. The molecule has 216 valence electrons. The summed E-state index contributed by atoms with van der Waals surface area (Å²) in [5, 5.41) is 22.1. The molecule has 7 rings (SSSR count). The number of carbonyl (C=O) groups is 1. The van der Waals surface area contributed by atoms with Crippen LogP contribution in [-0.2, 0) is 20.7 Å². The zero-order chi connectivity index (χ0) is 28.7. The van der Waals surface area contributed by atoms with Crippen molar-refractivity contribution in [2.24, 2.45) is 28.6 Å². The van der Waals surface area contributed by atoms with Gasteiger partial charge in [0.2, 0.25) is 0 Å². The summed E-state index contributed by atoms with van der Waals surface area (Å²) in [4.78, 5) is 15.8. The van der Waals surface area contributed by atoms with Crippen LogP contribution in [0.15, 0.2) is 72.4 Å². The average Bonchev–Trinajstić information content (AvgIpc) is 3.61. The summed E-state index contributed by atoms with van der Waals surface area (Å²) >= 11 is 1.61. The minimum atomic E-state index is -1.30. The van der Waals surface area contributed by atoms with E-state index in [1.165, 1.54) is 5.57 Å². The van der Waals surface area contributed by atoms with Crippen LogP contribution in [0.2, 0.25) is 0 Å². The van der Waals surface area contributed by atoms with Crippen molar-refractivity contribution in [2.75, 3.05) is 12.3 Å². The fraction of sp³-hybridized carbons (Fsp3) is 0.500. The molecule has 4 N–H and O–H groups in total. The number of Topliss-reactive ketones (excluding diaryl/α,β-unsaturated/α-hetero) is 1. The summed E-state index contributed by atoms with van der Waals surface area (Å²) in [5.41, 5.74) is 7.99. The second-order valence-corrected chi connectivity index (χ2v) is 14.4. The Morgan fingerprint density at radius 3 is 2.85 bits per heavy atom. The smallest absolute Gasteiger partial charge is 0.194 e. The first-order chi connectivity index (χ1) is 19.6. The van der Waals surface area contributed by atoms with E-state index in [0.29, 0.717) is 12.8 Å². The monoisotopic (exact) mass is 573 g/mol. The standard InChI is InChI=1S/C34H39NO5S/c1-19-11-12-32(2)21(13-19)7-9-24-25-16-29-34(28(38)18-36,33(25,3)17-26(37)30(24)32)40-31(39-29)27-10-8-23(41-27)15-20-5-4-6-22(35)14-20/h4-6,8,10-14,24-26,29-31,36-37H,1,7,9,15-18,35H2,2-3H3/t24-,25-,26-,29+,30+,31-,32-,33-,34+/m0/s1. The maximum Gasteiger partial charge on any atom is 0.194 e. The Labute approximate surface area is 245 Å². The molecule has 0 unspecified atom stereocenters. The maximum atomic E-state index is 13.8. The molecule has 3 saturated carbocycles. The molecule has 6 nitrogen and oxygen atoms in total. The van der Waals surface area contributed by atoms with Crippen molar-refractivity contribution < 1.29 is 24.5 Å². The van der Waals surface area contributed by atoms with Gasteiger partial charge in [-0.2, -0.15) is 0 Å². The molecule has 7 heteroatoms. The van der Waals surface area contributed by atoms with E-state index in [1.807, 2.05) is 24.3 Å². The van der Waals surface area contributed by atoms with Gasteiger partial charge >= 0.3 is 0 Å². The average molecular weight is 574 g/mol. The minimum Gasteiger partial charge on any atom is -0.399 e. The fourth-order valence-corrected chi connectivity index (χ4v) is 10.4. The third-order valence-corrected chi connectivity index (χ3v) is 12.2. The highest BCUT2D eigenvalue weighted by molar-refractivity contribution is 7.12. The number of allylic oxidation sites excluding steroid dienone is 5. The van der Waals surface area contributed by atoms with Gasteiger partial charge in [-0.25, -0.2) is 0 Å². The quantitative estimate of drug-likeness (QED) is 0.408. The third-order valence-electron chi connectivity index (χ3n) is 11.1. The van der Waals surface area contributed by atoms with Crippen LogP contribution in [0.25, 0.3) is 0 Å². The number of benzene rings is 1. The molecule has 0 bridgehead atoms. The molecule has 1 aromatic carbocycles. The number of hydrogen-bond acceptors (Lipinski definition) is 7. The van der Waals surface area contributed by atoms with Gasteiger partial charge in [0.1, 0.15) is 6.61 Å². The normalized spacial score (nSPS) is 40.9. The lowest BCUT2D eigenvalue weighted by Crippen LogP contribution is -2.63. The second-order valence-electron chi connectivity index (χ2n) is 13.2. The molecule has 41 heavy (non-hydrogen) atoms. The molecule has 4 fully saturated rings.